The Hall–Kier alpha value is -4.11. The first-order chi connectivity index (χ1) is 16.9. The molecular formula is C26H30N8O. The van der Waals surface area contributed by atoms with Crippen LogP contribution in [0.4, 0.5) is 23.0 Å². The molecule has 1 fully saturated rings. The summed E-state index contributed by atoms with van der Waals surface area (Å²) in [5.74, 6) is 0.414. The Kier molecular flexibility index (Phi) is 6.00. The molecule has 3 heterocycles. The first kappa shape index (κ1) is 22.7. The minimum atomic E-state index is -0.179. The lowest BCUT2D eigenvalue weighted by Gasteiger charge is -2.35. The molecule has 1 saturated heterocycles. The maximum Gasteiger partial charge on any atom is 0.278 e. The summed E-state index contributed by atoms with van der Waals surface area (Å²) in [6.07, 6.45) is 3.25. The van der Waals surface area contributed by atoms with Gasteiger partial charge >= 0.3 is 0 Å². The largest absolute Gasteiger partial charge is 0.399 e. The summed E-state index contributed by atoms with van der Waals surface area (Å²) in [6.45, 7) is 10.4. The van der Waals surface area contributed by atoms with Crippen LogP contribution in [0.15, 0.2) is 66.1 Å². The van der Waals surface area contributed by atoms with E-state index in [9.17, 15) is 4.79 Å². The van der Waals surface area contributed by atoms with E-state index in [1.807, 2.05) is 24.3 Å². The minimum Gasteiger partial charge on any atom is -0.399 e. The molecule has 2 aromatic heterocycles. The average molecular weight is 471 g/mol. The molecule has 0 aliphatic carbocycles. The number of hydrogen-bond acceptors (Lipinski definition) is 7. The predicted octanol–water partition coefficient (Wildman–Crippen LogP) is 3.15. The van der Waals surface area contributed by atoms with Gasteiger partial charge in [0.1, 0.15) is 5.39 Å². The molecule has 0 atom stereocenters. The number of allylic oxidation sites excluding steroid dienone is 1. The number of hydrogen-bond donors (Lipinski definition) is 2. The van der Waals surface area contributed by atoms with Crippen molar-refractivity contribution < 1.29 is 0 Å². The number of nitrogens with two attached hydrogens (primary N) is 1. The van der Waals surface area contributed by atoms with Gasteiger partial charge in [-0.25, -0.2) is 14.3 Å². The number of nitrogens with one attached hydrogen (secondary N) is 1. The summed E-state index contributed by atoms with van der Waals surface area (Å²) in [7, 11) is 2.16. The van der Waals surface area contributed by atoms with Gasteiger partial charge in [0.2, 0.25) is 5.95 Å². The van der Waals surface area contributed by atoms with Gasteiger partial charge in [0.15, 0.2) is 5.65 Å². The Morgan fingerprint density at radius 1 is 1.14 bits per heavy atom. The van der Waals surface area contributed by atoms with Crippen LogP contribution in [0.25, 0.3) is 16.7 Å². The number of aromatic nitrogens is 4. The number of rotatable bonds is 6. The summed E-state index contributed by atoms with van der Waals surface area (Å²) in [5, 5.41) is 3.74. The Morgan fingerprint density at radius 3 is 2.66 bits per heavy atom. The number of benzene rings is 2. The van der Waals surface area contributed by atoms with Gasteiger partial charge in [-0.15, -0.1) is 6.58 Å². The molecule has 0 radical (unpaired) electrons. The Labute approximate surface area is 204 Å². The van der Waals surface area contributed by atoms with E-state index in [0.29, 0.717) is 29.2 Å². The fourth-order valence-corrected chi connectivity index (χ4v) is 4.56. The second kappa shape index (κ2) is 9.27. The minimum absolute atomic E-state index is 0.179. The zero-order chi connectivity index (χ0) is 24.5. The van der Waals surface area contributed by atoms with Crippen molar-refractivity contribution in [3.05, 3.63) is 77.2 Å². The van der Waals surface area contributed by atoms with Crippen LogP contribution in [0.3, 0.4) is 0 Å². The van der Waals surface area contributed by atoms with Crippen LogP contribution >= 0.6 is 0 Å². The van der Waals surface area contributed by atoms with Crippen LogP contribution in [0.5, 0.6) is 0 Å². The van der Waals surface area contributed by atoms with Gasteiger partial charge in [-0.1, -0.05) is 12.1 Å². The molecule has 1 aliphatic heterocycles. The molecule has 5 rings (SSSR count). The van der Waals surface area contributed by atoms with Gasteiger partial charge in [0.05, 0.1) is 12.2 Å². The predicted molar refractivity (Wildman–Crippen MR) is 142 cm³/mol. The van der Waals surface area contributed by atoms with Crippen LogP contribution < -0.4 is 21.5 Å². The van der Waals surface area contributed by atoms with Crippen LogP contribution in [0.2, 0.25) is 0 Å². The topological polar surface area (TPSA) is 97.2 Å². The molecule has 2 aromatic carbocycles. The second-order valence-electron chi connectivity index (χ2n) is 8.93. The van der Waals surface area contributed by atoms with Crippen LogP contribution in [0.1, 0.15) is 5.56 Å². The third-order valence-corrected chi connectivity index (χ3v) is 6.39. The third-order valence-electron chi connectivity index (χ3n) is 6.39. The van der Waals surface area contributed by atoms with Crippen LogP contribution in [-0.4, -0.2) is 57.5 Å². The van der Waals surface area contributed by atoms with Crippen molar-refractivity contribution in [3.63, 3.8) is 0 Å². The summed E-state index contributed by atoms with van der Waals surface area (Å²) >= 11 is 0. The molecule has 35 heavy (non-hydrogen) atoms. The lowest BCUT2D eigenvalue weighted by atomic mass is 10.1. The van der Waals surface area contributed by atoms with Gasteiger partial charge in [-0.3, -0.25) is 4.79 Å². The van der Waals surface area contributed by atoms with E-state index in [0.717, 1.165) is 37.6 Å². The maximum absolute atomic E-state index is 13.1. The zero-order valence-electron chi connectivity index (χ0n) is 20.1. The number of fused-ring (bicyclic) bond motifs is 1. The van der Waals surface area contributed by atoms with Crippen molar-refractivity contribution in [2.24, 2.45) is 0 Å². The molecule has 0 amide bonds. The normalized spacial score (nSPS) is 14.4. The molecule has 9 nitrogen and oxygen atoms in total. The average Bonchev–Trinajstić information content (AvgIpc) is 3.11. The number of likely N-dealkylation sites (N-methyl/N-ethyl adjacent to an activating group) is 1. The molecule has 3 N–H and O–H groups in total. The monoisotopic (exact) mass is 470 g/mol. The Balaban J connectivity index is 1.50. The highest BCUT2D eigenvalue weighted by atomic mass is 16.1. The smallest absolute Gasteiger partial charge is 0.278 e. The van der Waals surface area contributed by atoms with Crippen molar-refractivity contribution in [1.29, 1.82) is 0 Å². The van der Waals surface area contributed by atoms with Gasteiger partial charge in [0.25, 0.3) is 5.56 Å². The van der Waals surface area contributed by atoms with E-state index in [4.69, 9.17) is 10.7 Å². The van der Waals surface area contributed by atoms with Gasteiger partial charge in [0, 0.05) is 49.4 Å². The molecule has 0 unspecified atom stereocenters. The lowest BCUT2D eigenvalue weighted by molar-refractivity contribution is 0.312. The van der Waals surface area contributed by atoms with Crippen molar-refractivity contribution in [1.82, 2.24) is 24.2 Å². The molecule has 0 spiro atoms. The first-order valence-corrected chi connectivity index (χ1v) is 11.7. The van der Waals surface area contributed by atoms with Crippen molar-refractivity contribution in [2.75, 3.05) is 49.2 Å². The fourth-order valence-electron chi connectivity index (χ4n) is 4.56. The molecule has 0 bridgehead atoms. The number of aryl methyl sites for hydroxylation is 1. The highest BCUT2D eigenvalue weighted by molar-refractivity contribution is 5.77. The number of anilines is 4. The van der Waals surface area contributed by atoms with Crippen molar-refractivity contribution in [2.45, 2.75) is 13.5 Å². The van der Waals surface area contributed by atoms with E-state index in [-0.39, 0.29) is 5.56 Å². The summed E-state index contributed by atoms with van der Waals surface area (Å²) in [6, 6.07) is 13.7. The highest BCUT2D eigenvalue weighted by Crippen LogP contribution is 2.26. The van der Waals surface area contributed by atoms with Gasteiger partial charge in [-0.05, 0) is 55.9 Å². The van der Waals surface area contributed by atoms with Crippen molar-refractivity contribution in [3.8, 4) is 5.69 Å². The quantitative estimate of drug-likeness (QED) is 0.330. The number of nitrogens with zero attached hydrogens (tertiary/aromatic N) is 6. The SMILES string of the molecule is C=CCn1c(=O)c2cnc(Nc3ccc(N4CCN(C)CC4)c(C)c3)nc2n1-c1cccc(N)c1. The number of nitrogen functional groups attached to an aromatic ring is 1. The highest BCUT2D eigenvalue weighted by Gasteiger charge is 2.18. The molecule has 1 aliphatic rings. The van der Waals surface area contributed by atoms with E-state index >= 15 is 0 Å². The second-order valence-corrected chi connectivity index (χ2v) is 8.93. The number of piperazine rings is 1. The Morgan fingerprint density at radius 2 is 1.94 bits per heavy atom. The maximum atomic E-state index is 13.1. The van der Waals surface area contributed by atoms with E-state index in [1.165, 1.54) is 11.3 Å². The molecular weight excluding hydrogens is 440 g/mol. The van der Waals surface area contributed by atoms with E-state index in [2.05, 4.69) is 52.8 Å². The van der Waals surface area contributed by atoms with Crippen LogP contribution in [-0.2, 0) is 6.54 Å². The molecule has 9 heteroatoms. The summed E-state index contributed by atoms with van der Waals surface area (Å²) in [4.78, 5) is 27.0. The molecule has 0 saturated carbocycles. The van der Waals surface area contributed by atoms with Crippen molar-refractivity contribution >= 4 is 34.0 Å². The third kappa shape index (κ3) is 4.38. The first-order valence-electron chi connectivity index (χ1n) is 11.7. The lowest BCUT2D eigenvalue weighted by Crippen LogP contribution is -2.44. The van der Waals surface area contributed by atoms with Gasteiger partial charge in [-0.2, -0.15) is 4.98 Å². The van der Waals surface area contributed by atoms with Gasteiger partial charge < -0.3 is 20.9 Å². The standard InChI is InChI=1S/C26H30N8O/c1-4-10-33-25(35)22-17-28-26(30-24(22)34(33)21-7-5-6-19(27)16-21)29-20-8-9-23(18(2)15-20)32-13-11-31(3)12-14-32/h4-9,15-17H,1,10-14,27H2,2-3H3,(H,28,29,30). The zero-order valence-corrected chi connectivity index (χ0v) is 20.1. The summed E-state index contributed by atoms with van der Waals surface area (Å²) < 4.78 is 3.35. The molecule has 180 valence electrons. The van der Waals surface area contributed by atoms with E-state index in [1.54, 1.807) is 27.7 Å². The van der Waals surface area contributed by atoms with Crippen LogP contribution in [0, 0.1) is 6.92 Å². The fraction of sp³-hybridized carbons (Fsp3) is 0.269. The molecule has 4 aromatic rings. The Bertz CT molecular complexity index is 1450. The summed E-state index contributed by atoms with van der Waals surface area (Å²) in [5.41, 5.74) is 11.0. The van der Waals surface area contributed by atoms with E-state index < -0.39 is 0 Å².